The van der Waals surface area contributed by atoms with Gasteiger partial charge in [0.2, 0.25) is 0 Å². The van der Waals surface area contributed by atoms with Gasteiger partial charge in [0.15, 0.2) is 11.6 Å². The number of rotatable bonds is 3. The minimum absolute atomic E-state index is 0.125. The second kappa shape index (κ2) is 6.14. The molecular formula is C21H13FN2O. The lowest BCUT2D eigenvalue weighted by Crippen LogP contribution is -2.08. The van der Waals surface area contributed by atoms with Gasteiger partial charge in [-0.2, -0.15) is 9.99 Å². The lowest BCUT2D eigenvalue weighted by atomic mass is 10.1. The molecule has 4 aromatic rings. The third-order valence-electron chi connectivity index (χ3n) is 3.99. The minimum Gasteiger partial charge on any atom is -0.372 e. The van der Waals surface area contributed by atoms with E-state index in [0.29, 0.717) is 11.1 Å². The molecule has 1 aromatic heterocycles. The number of fused-ring (bicyclic) bond motifs is 1. The first-order chi connectivity index (χ1) is 12.3. The summed E-state index contributed by atoms with van der Waals surface area (Å²) in [6.45, 7) is 0. The number of halogens is 1. The first-order valence-electron chi connectivity index (χ1n) is 7.80. The standard InChI is InChI=1S/C21H13FN2O/c22-18-8-4-5-9-21(18)25-24-19-12-15(14-23)10-11-17(19)13-20(24)16-6-2-1-3-7-16/h1-13H. The number of nitriles is 1. The Hall–Kier alpha value is -3.58. The predicted octanol–water partition coefficient (Wildman–Crippen LogP) is 5.16. The third-order valence-corrected chi connectivity index (χ3v) is 3.99. The van der Waals surface area contributed by atoms with Gasteiger partial charge in [-0.1, -0.05) is 48.5 Å². The summed E-state index contributed by atoms with van der Waals surface area (Å²) in [4.78, 5) is 5.88. The van der Waals surface area contributed by atoms with E-state index in [1.165, 1.54) is 6.07 Å². The Balaban J connectivity index is 1.95. The van der Waals surface area contributed by atoms with Crippen molar-refractivity contribution in [3.63, 3.8) is 0 Å². The van der Waals surface area contributed by atoms with Crippen LogP contribution in [-0.4, -0.2) is 4.73 Å². The molecule has 0 aliphatic heterocycles. The van der Waals surface area contributed by atoms with Gasteiger partial charge in [-0.05, 0) is 30.3 Å². The zero-order valence-corrected chi connectivity index (χ0v) is 13.2. The molecule has 0 unspecified atom stereocenters. The summed E-state index contributed by atoms with van der Waals surface area (Å²) in [5.74, 6) is -0.320. The van der Waals surface area contributed by atoms with E-state index < -0.39 is 5.82 Å². The zero-order chi connectivity index (χ0) is 17.2. The van der Waals surface area contributed by atoms with Crippen LogP contribution in [0.2, 0.25) is 0 Å². The maximum absolute atomic E-state index is 14.1. The predicted molar refractivity (Wildman–Crippen MR) is 94.5 cm³/mol. The molecule has 0 saturated heterocycles. The minimum atomic E-state index is -0.445. The summed E-state index contributed by atoms with van der Waals surface area (Å²) in [6.07, 6.45) is 0. The number of aromatic nitrogens is 1. The molecular weight excluding hydrogens is 315 g/mol. The molecule has 0 aliphatic carbocycles. The van der Waals surface area contributed by atoms with Crippen LogP contribution in [-0.2, 0) is 0 Å². The first-order valence-corrected chi connectivity index (χ1v) is 7.80. The van der Waals surface area contributed by atoms with Gasteiger partial charge in [-0.15, -0.1) is 0 Å². The van der Waals surface area contributed by atoms with Gasteiger partial charge in [0.1, 0.15) is 0 Å². The van der Waals surface area contributed by atoms with Crippen molar-refractivity contribution in [1.82, 2.24) is 4.73 Å². The van der Waals surface area contributed by atoms with Gasteiger partial charge in [0, 0.05) is 10.9 Å². The fourth-order valence-corrected chi connectivity index (χ4v) is 2.77. The van der Waals surface area contributed by atoms with E-state index in [1.54, 1.807) is 35.1 Å². The molecule has 0 spiro atoms. The Kier molecular flexibility index (Phi) is 3.68. The van der Waals surface area contributed by atoms with Crippen molar-refractivity contribution in [3.05, 3.63) is 90.2 Å². The van der Waals surface area contributed by atoms with Gasteiger partial charge in [0.05, 0.1) is 22.8 Å². The molecule has 25 heavy (non-hydrogen) atoms. The van der Waals surface area contributed by atoms with Crippen LogP contribution in [0.3, 0.4) is 0 Å². The maximum atomic E-state index is 14.1. The summed E-state index contributed by atoms with van der Waals surface area (Å²) in [7, 11) is 0. The number of nitrogens with zero attached hydrogens (tertiary/aromatic N) is 2. The van der Waals surface area contributed by atoms with Crippen LogP contribution in [0.5, 0.6) is 5.75 Å². The number of hydrogen-bond donors (Lipinski definition) is 0. The van der Waals surface area contributed by atoms with E-state index in [0.717, 1.165) is 16.6 Å². The Morgan fingerprint density at radius 3 is 2.40 bits per heavy atom. The van der Waals surface area contributed by atoms with Crippen molar-refractivity contribution in [2.75, 3.05) is 0 Å². The summed E-state index contributed by atoms with van der Waals surface area (Å²) < 4.78 is 15.6. The molecule has 3 nitrogen and oxygen atoms in total. The van der Waals surface area contributed by atoms with Crippen LogP contribution >= 0.6 is 0 Å². The molecule has 120 valence electrons. The fraction of sp³-hybridized carbons (Fsp3) is 0. The monoisotopic (exact) mass is 328 g/mol. The van der Waals surface area contributed by atoms with Crippen molar-refractivity contribution in [2.24, 2.45) is 0 Å². The SMILES string of the molecule is N#Cc1ccc2cc(-c3ccccc3)n(Oc3ccccc3F)c2c1. The van der Waals surface area contributed by atoms with E-state index >= 15 is 0 Å². The van der Waals surface area contributed by atoms with Crippen LogP contribution in [0.1, 0.15) is 5.56 Å². The molecule has 3 aromatic carbocycles. The van der Waals surface area contributed by atoms with Gasteiger partial charge in [-0.3, -0.25) is 0 Å². The lowest BCUT2D eigenvalue weighted by molar-refractivity contribution is 0.222. The molecule has 0 N–H and O–H groups in total. The van der Waals surface area contributed by atoms with E-state index in [9.17, 15) is 9.65 Å². The van der Waals surface area contributed by atoms with E-state index in [-0.39, 0.29) is 5.75 Å². The topological polar surface area (TPSA) is 38.0 Å². The summed E-state index contributed by atoms with van der Waals surface area (Å²) in [5, 5.41) is 10.1. The molecule has 0 aliphatic rings. The first kappa shape index (κ1) is 15.0. The zero-order valence-electron chi connectivity index (χ0n) is 13.2. The van der Waals surface area contributed by atoms with Crippen molar-refractivity contribution in [2.45, 2.75) is 0 Å². The van der Waals surface area contributed by atoms with Crippen molar-refractivity contribution in [3.8, 4) is 23.1 Å². The third kappa shape index (κ3) is 2.73. The van der Waals surface area contributed by atoms with Crippen molar-refractivity contribution >= 4 is 10.9 Å². The largest absolute Gasteiger partial charge is 0.372 e. The average molecular weight is 328 g/mol. The quantitative estimate of drug-likeness (QED) is 0.521. The molecule has 0 fully saturated rings. The molecule has 0 atom stereocenters. The molecule has 0 saturated carbocycles. The van der Waals surface area contributed by atoms with Crippen LogP contribution < -0.4 is 4.84 Å². The highest BCUT2D eigenvalue weighted by molar-refractivity contribution is 5.87. The molecule has 1 heterocycles. The highest BCUT2D eigenvalue weighted by atomic mass is 19.1. The van der Waals surface area contributed by atoms with Crippen LogP contribution in [0.15, 0.2) is 78.9 Å². The highest BCUT2D eigenvalue weighted by Crippen LogP contribution is 2.30. The van der Waals surface area contributed by atoms with Gasteiger partial charge in [-0.25, -0.2) is 4.39 Å². The second-order valence-electron chi connectivity index (χ2n) is 5.60. The van der Waals surface area contributed by atoms with E-state index in [4.69, 9.17) is 4.84 Å². The lowest BCUT2D eigenvalue weighted by Gasteiger charge is -2.12. The highest BCUT2D eigenvalue weighted by Gasteiger charge is 2.14. The maximum Gasteiger partial charge on any atom is 0.191 e. The Labute approximate surface area is 144 Å². The van der Waals surface area contributed by atoms with Crippen LogP contribution in [0.25, 0.3) is 22.2 Å². The molecule has 4 rings (SSSR count). The number of hydrogen-bond acceptors (Lipinski definition) is 2. The van der Waals surface area contributed by atoms with E-state index in [1.807, 2.05) is 42.5 Å². The Morgan fingerprint density at radius 1 is 0.880 bits per heavy atom. The summed E-state index contributed by atoms with van der Waals surface area (Å²) in [5.41, 5.74) is 2.95. The molecule has 0 bridgehead atoms. The van der Waals surface area contributed by atoms with Crippen molar-refractivity contribution < 1.29 is 9.23 Å². The summed E-state index contributed by atoms with van der Waals surface area (Å²) >= 11 is 0. The Bertz CT molecular complexity index is 1090. The van der Waals surface area contributed by atoms with Gasteiger partial charge >= 0.3 is 0 Å². The van der Waals surface area contributed by atoms with Crippen molar-refractivity contribution in [1.29, 1.82) is 5.26 Å². The average Bonchev–Trinajstić information content (AvgIpc) is 3.02. The molecule has 0 amide bonds. The smallest absolute Gasteiger partial charge is 0.191 e. The van der Waals surface area contributed by atoms with Crippen LogP contribution in [0.4, 0.5) is 4.39 Å². The number of para-hydroxylation sites is 1. The Morgan fingerprint density at radius 2 is 1.64 bits per heavy atom. The fourth-order valence-electron chi connectivity index (χ4n) is 2.77. The van der Waals surface area contributed by atoms with Gasteiger partial charge < -0.3 is 4.84 Å². The molecule has 0 radical (unpaired) electrons. The second-order valence-corrected chi connectivity index (χ2v) is 5.60. The summed E-state index contributed by atoms with van der Waals surface area (Å²) in [6, 6.07) is 25.4. The van der Waals surface area contributed by atoms with Gasteiger partial charge in [0.25, 0.3) is 0 Å². The molecule has 4 heteroatoms. The normalized spacial score (nSPS) is 10.6. The van der Waals surface area contributed by atoms with E-state index in [2.05, 4.69) is 6.07 Å². The number of benzene rings is 3. The van der Waals surface area contributed by atoms with Crippen LogP contribution in [0, 0.1) is 17.1 Å².